The minimum atomic E-state index is 0.443. The molecule has 0 saturated carbocycles. The fourth-order valence-corrected chi connectivity index (χ4v) is 2.09. The molecule has 2 aromatic rings. The molecule has 0 atom stereocenters. The second-order valence-corrected chi connectivity index (χ2v) is 5.01. The largest absolute Gasteiger partial charge is 0.389 e. The first-order valence-electron chi connectivity index (χ1n) is 6.32. The van der Waals surface area contributed by atoms with Crippen LogP contribution in [0.3, 0.4) is 0 Å². The van der Waals surface area contributed by atoms with Gasteiger partial charge in [-0.25, -0.2) is 0 Å². The summed E-state index contributed by atoms with van der Waals surface area (Å²) in [6, 6.07) is 18.6. The van der Waals surface area contributed by atoms with Crippen molar-refractivity contribution >= 4 is 22.9 Å². The monoisotopic (exact) mass is 270 g/mol. The van der Waals surface area contributed by atoms with E-state index in [-0.39, 0.29) is 0 Å². The minimum absolute atomic E-state index is 0.443. The summed E-state index contributed by atoms with van der Waals surface area (Å²) >= 11 is 4.95. The van der Waals surface area contributed by atoms with E-state index in [4.69, 9.17) is 18.0 Å². The van der Waals surface area contributed by atoms with Crippen LogP contribution in [0.25, 0.3) is 0 Å². The molecule has 0 aliphatic rings. The van der Waals surface area contributed by atoms with Crippen molar-refractivity contribution in [1.82, 2.24) is 0 Å². The summed E-state index contributed by atoms with van der Waals surface area (Å²) in [5.74, 6) is 0. The van der Waals surface area contributed by atoms with Gasteiger partial charge in [-0.2, -0.15) is 0 Å². The molecule has 2 rings (SSSR count). The fourth-order valence-electron chi connectivity index (χ4n) is 1.95. The molecule has 98 valence electrons. The van der Waals surface area contributed by atoms with E-state index in [1.807, 2.05) is 18.2 Å². The first-order chi connectivity index (χ1) is 9.16. The zero-order valence-corrected chi connectivity index (χ0v) is 11.9. The highest BCUT2D eigenvalue weighted by atomic mass is 32.1. The molecule has 0 fully saturated rings. The van der Waals surface area contributed by atoms with Gasteiger partial charge in [0.25, 0.3) is 0 Å². The summed E-state index contributed by atoms with van der Waals surface area (Å²) in [6.07, 6.45) is 1.04. The second kappa shape index (κ2) is 6.34. The molecule has 2 nitrogen and oxygen atoms in total. The molecule has 2 N–H and O–H groups in total. The van der Waals surface area contributed by atoms with Gasteiger partial charge in [-0.05, 0) is 36.2 Å². The van der Waals surface area contributed by atoms with Gasteiger partial charge in [0.05, 0.1) is 0 Å². The average molecular weight is 270 g/mol. The highest BCUT2D eigenvalue weighted by molar-refractivity contribution is 7.80. The van der Waals surface area contributed by atoms with Crippen molar-refractivity contribution in [2.45, 2.75) is 6.42 Å². The maximum atomic E-state index is 5.59. The van der Waals surface area contributed by atoms with E-state index in [9.17, 15) is 0 Å². The lowest BCUT2D eigenvalue weighted by atomic mass is 10.1. The zero-order valence-electron chi connectivity index (χ0n) is 11.0. The van der Waals surface area contributed by atoms with Crippen LogP contribution in [0.2, 0.25) is 0 Å². The molecule has 0 aliphatic heterocycles. The van der Waals surface area contributed by atoms with Crippen LogP contribution in [0.5, 0.6) is 0 Å². The number of hydrogen-bond donors (Lipinski definition) is 1. The van der Waals surface area contributed by atoms with E-state index < -0.39 is 0 Å². The van der Waals surface area contributed by atoms with Crippen molar-refractivity contribution in [2.24, 2.45) is 5.73 Å². The van der Waals surface area contributed by atoms with Crippen LogP contribution in [0, 0.1) is 0 Å². The number of rotatable bonds is 5. The predicted molar refractivity (Wildman–Crippen MR) is 85.7 cm³/mol. The molecule has 0 aromatic heterocycles. The summed E-state index contributed by atoms with van der Waals surface area (Å²) in [4.78, 5) is 2.68. The summed E-state index contributed by atoms with van der Waals surface area (Å²) < 4.78 is 0. The van der Waals surface area contributed by atoms with Crippen LogP contribution in [-0.4, -0.2) is 18.6 Å². The van der Waals surface area contributed by atoms with E-state index in [0.29, 0.717) is 4.99 Å². The first-order valence-corrected chi connectivity index (χ1v) is 6.72. The molecule has 0 amide bonds. The Hall–Kier alpha value is -1.87. The normalized spacial score (nSPS) is 10.2. The standard InChI is InChI=1S/C16H18N2S/c1-18(12-11-13-5-3-2-4-6-13)15-9-7-14(8-10-15)16(17)19/h2-10H,11-12H2,1H3,(H2,17,19). The maximum absolute atomic E-state index is 5.59. The third-order valence-electron chi connectivity index (χ3n) is 3.17. The predicted octanol–water partition coefficient (Wildman–Crippen LogP) is 3.00. The molecule has 0 spiro atoms. The number of thiocarbonyl (C=S) groups is 1. The van der Waals surface area contributed by atoms with Crippen molar-refractivity contribution in [2.75, 3.05) is 18.5 Å². The van der Waals surface area contributed by atoms with Gasteiger partial charge in [-0.1, -0.05) is 42.5 Å². The van der Waals surface area contributed by atoms with E-state index in [1.165, 1.54) is 11.3 Å². The van der Waals surface area contributed by atoms with Crippen LogP contribution in [-0.2, 0) is 6.42 Å². The molecule has 19 heavy (non-hydrogen) atoms. The Morgan fingerprint density at radius 1 is 1.05 bits per heavy atom. The van der Waals surface area contributed by atoms with Gasteiger partial charge >= 0.3 is 0 Å². The molecule has 0 bridgehead atoms. The van der Waals surface area contributed by atoms with Crippen LogP contribution >= 0.6 is 12.2 Å². The molecule has 3 heteroatoms. The van der Waals surface area contributed by atoms with Crippen LogP contribution in [0.1, 0.15) is 11.1 Å². The van der Waals surface area contributed by atoms with Crippen molar-refractivity contribution < 1.29 is 0 Å². The van der Waals surface area contributed by atoms with Crippen molar-refractivity contribution in [3.63, 3.8) is 0 Å². The zero-order chi connectivity index (χ0) is 13.7. The minimum Gasteiger partial charge on any atom is -0.389 e. The second-order valence-electron chi connectivity index (χ2n) is 4.57. The Labute approximate surface area is 119 Å². The van der Waals surface area contributed by atoms with Crippen LogP contribution in [0.15, 0.2) is 54.6 Å². The lowest BCUT2D eigenvalue weighted by molar-refractivity contribution is 0.877. The number of benzene rings is 2. The molecule has 0 radical (unpaired) electrons. The molecule has 0 saturated heterocycles. The summed E-state index contributed by atoms with van der Waals surface area (Å²) in [6.45, 7) is 0.983. The Kier molecular flexibility index (Phi) is 4.53. The van der Waals surface area contributed by atoms with E-state index in [1.54, 1.807) is 0 Å². The third-order valence-corrected chi connectivity index (χ3v) is 3.41. The smallest absolute Gasteiger partial charge is 0.103 e. The molecule has 0 aliphatic carbocycles. The van der Waals surface area contributed by atoms with Crippen molar-refractivity contribution in [1.29, 1.82) is 0 Å². The van der Waals surface area contributed by atoms with E-state index in [0.717, 1.165) is 18.5 Å². The summed E-state index contributed by atoms with van der Waals surface area (Å²) in [5, 5.41) is 0. The summed E-state index contributed by atoms with van der Waals surface area (Å²) in [7, 11) is 2.10. The number of nitrogens with zero attached hydrogens (tertiary/aromatic N) is 1. The maximum Gasteiger partial charge on any atom is 0.103 e. The van der Waals surface area contributed by atoms with Gasteiger partial charge < -0.3 is 10.6 Å². The Bertz CT molecular complexity index is 534. The van der Waals surface area contributed by atoms with E-state index in [2.05, 4.69) is 48.3 Å². The quantitative estimate of drug-likeness (QED) is 0.847. The van der Waals surface area contributed by atoms with Crippen molar-refractivity contribution in [3.05, 3.63) is 65.7 Å². The van der Waals surface area contributed by atoms with E-state index >= 15 is 0 Å². The number of likely N-dealkylation sites (N-methyl/N-ethyl adjacent to an activating group) is 1. The SMILES string of the molecule is CN(CCc1ccccc1)c1ccc(C(N)=S)cc1. The molecule has 2 aromatic carbocycles. The highest BCUT2D eigenvalue weighted by Gasteiger charge is 2.02. The number of anilines is 1. The Morgan fingerprint density at radius 2 is 1.68 bits per heavy atom. The first kappa shape index (κ1) is 13.6. The molecular weight excluding hydrogens is 252 g/mol. The van der Waals surface area contributed by atoms with Gasteiger partial charge in [0.1, 0.15) is 4.99 Å². The van der Waals surface area contributed by atoms with Gasteiger partial charge in [-0.15, -0.1) is 0 Å². The molecular formula is C16H18N2S. The van der Waals surface area contributed by atoms with Gasteiger partial charge in [0.15, 0.2) is 0 Å². The van der Waals surface area contributed by atoms with Gasteiger partial charge in [0.2, 0.25) is 0 Å². The summed E-state index contributed by atoms with van der Waals surface area (Å²) in [5.41, 5.74) is 9.04. The Morgan fingerprint density at radius 3 is 2.26 bits per heavy atom. The van der Waals surface area contributed by atoms with Crippen LogP contribution in [0.4, 0.5) is 5.69 Å². The van der Waals surface area contributed by atoms with Crippen LogP contribution < -0.4 is 10.6 Å². The third kappa shape index (κ3) is 3.80. The Balaban J connectivity index is 1.96. The number of nitrogens with two attached hydrogens (primary N) is 1. The van der Waals surface area contributed by atoms with Gasteiger partial charge in [-0.3, -0.25) is 0 Å². The lowest BCUT2D eigenvalue weighted by Gasteiger charge is -2.19. The van der Waals surface area contributed by atoms with Crippen molar-refractivity contribution in [3.8, 4) is 0 Å². The number of hydrogen-bond acceptors (Lipinski definition) is 2. The average Bonchev–Trinajstić information content (AvgIpc) is 2.46. The topological polar surface area (TPSA) is 29.3 Å². The fraction of sp³-hybridized carbons (Fsp3) is 0.188. The van der Waals surface area contributed by atoms with Gasteiger partial charge in [0, 0.05) is 24.8 Å². The molecule has 0 heterocycles. The lowest BCUT2D eigenvalue weighted by Crippen LogP contribution is -2.20. The highest BCUT2D eigenvalue weighted by Crippen LogP contribution is 2.14. The molecule has 0 unspecified atom stereocenters.